The van der Waals surface area contributed by atoms with E-state index in [0.29, 0.717) is 5.02 Å². The first kappa shape index (κ1) is 26.0. The van der Waals surface area contributed by atoms with Gasteiger partial charge < -0.3 is 29.9 Å². The number of allylic oxidation sites excluding steroid dienone is 4. The molecule has 1 nitrogen and oxygen atoms in total. The van der Waals surface area contributed by atoms with Gasteiger partial charge in [-0.3, -0.25) is 6.08 Å². The van der Waals surface area contributed by atoms with Crippen LogP contribution in [0.15, 0.2) is 35.9 Å². The third-order valence-electron chi connectivity index (χ3n) is 2.62. The fraction of sp³-hybridized carbons (Fsp3) is 0.375. The quantitative estimate of drug-likeness (QED) is 0.453. The van der Waals surface area contributed by atoms with Crippen molar-refractivity contribution in [1.29, 1.82) is 0 Å². The molecule has 1 aliphatic rings. The summed E-state index contributed by atoms with van der Waals surface area (Å²) >= 11 is 5.80. The monoisotopic (exact) mass is 381 g/mol. The van der Waals surface area contributed by atoms with Crippen molar-refractivity contribution in [3.63, 3.8) is 0 Å². The van der Waals surface area contributed by atoms with Crippen LogP contribution >= 0.6 is 11.6 Å². The van der Waals surface area contributed by atoms with Crippen LogP contribution in [-0.2, 0) is 27.1 Å². The van der Waals surface area contributed by atoms with Gasteiger partial charge in [0.2, 0.25) is 0 Å². The molecule has 0 atom stereocenters. The van der Waals surface area contributed by atoms with Gasteiger partial charge in [-0.05, 0) is 29.2 Å². The Morgan fingerprint density at radius 1 is 1.14 bits per heavy atom. The maximum absolute atomic E-state index is 9.27. The van der Waals surface area contributed by atoms with Crippen molar-refractivity contribution in [3.05, 3.63) is 52.6 Å². The number of benzene rings is 1. The normalized spacial score (nSPS) is 12.0. The molecule has 0 heterocycles. The second-order valence-corrected chi connectivity index (χ2v) is 5.85. The summed E-state index contributed by atoms with van der Waals surface area (Å²) in [6.45, 7) is 8.30. The molecule has 0 amide bonds. The predicted molar refractivity (Wildman–Crippen MR) is 78.0 cm³/mol. The average Bonchev–Trinajstić information content (AvgIpc) is 2.67. The minimum absolute atomic E-state index is 0. The summed E-state index contributed by atoms with van der Waals surface area (Å²) in [6.07, 6.45) is 8.33. The summed E-state index contributed by atoms with van der Waals surface area (Å²) in [6, 6.07) is 5.16. The third-order valence-corrected chi connectivity index (χ3v) is 2.83. The van der Waals surface area contributed by atoms with Crippen LogP contribution in [0.1, 0.15) is 39.7 Å². The molecular formula is C16H20Cl3OTi-3. The molecule has 0 saturated heterocycles. The first-order valence-corrected chi connectivity index (χ1v) is 6.41. The Morgan fingerprint density at radius 3 is 2.00 bits per heavy atom. The number of rotatable bonds is 0. The van der Waals surface area contributed by atoms with Crippen LogP contribution in [0.5, 0.6) is 5.75 Å². The van der Waals surface area contributed by atoms with Gasteiger partial charge in [0.1, 0.15) is 5.75 Å². The second kappa shape index (κ2) is 11.6. The van der Waals surface area contributed by atoms with E-state index >= 15 is 0 Å². The first-order chi connectivity index (χ1) is 8.29. The van der Waals surface area contributed by atoms with Gasteiger partial charge in [0.05, 0.1) is 0 Å². The smallest absolute Gasteiger partial charge is 0.117 e. The summed E-state index contributed by atoms with van der Waals surface area (Å²) < 4.78 is 0. The molecule has 0 bridgehead atoms. The van der Waals surface area contributed by atoms with E-state index in [1.54, 1.807) is 6.07 Å². The van der Waals surface area contributed by atoms with E-state index in [1.165, 1.54) is 11.6 Å². The largest absolute Gasteiger partial charge is 1.00 e. The summed E-state index contributed by atoms with van der Waals surface area (Å²) in [5.41, 5.74) is 2.35. The van der Waals surface area contributed by atoms with Crippen molar-refractivity contribution in [3.8, 4) is 5.75 Å². The second-order valence-electron chi connectivity index (χ2n) is 5.41. The van der Waals surface area contributed by atoms with E-state index in [0.717, 1.165) is 12.0 Å². The Hall–Kier alpha value is 0.0843. The fourth-order valence-corrected chi connectivity index (χ4v) is 1.75. The van der Waals surface area contributed by atoms with E-state index < -0.39 is 0 Å². The van der Waals surface area contributed by atoms with Crippen LogP contribution in [0.2, 0.25) is 5.02 Å². The SMILES string of the molecule is CC(C)(C)c1cc(O)cc(Cl)c1.CC1=[C-]CC=C1.[Cl-].[Cl-].[Ti]. The molecule has 0 fully saturated rings. The van der Waals surface area contributed by atoms with Gasteiger partial charge in [-0.15, -0.1) is 6.42 Å². The Kier molecular flexibility index (Phi) is 14.4. The molecule has 1 N–H and O–H groups in total. The molecule has 21 heavy (non-hydrogen) atoms. The van der Waals surface area contributed by atoms with Gasteiger partial charge in [0.25, 0.3) is 0 Å². The van der Waals surface area contributed by atoms with Crippen LogP contribution in [0.4, 0.5) is 0 Å². The molecule has 1 aliphatic carbocycles. The third kappa shape index (κ3) is 10.4. The maximum atomic E-state index is 9.27. The molecule has 5 heteroatoms. The number of halogens is 3. The van der Waals surface area contributed by atoms with Crippen molar-refractivity contribution in [1.82, 2.24) is 0 Å². The molecule has 2 rings (SSSR count). The van der Waals surface area contributed by atoms with Gasteiger partial charge in [-0.2, -0.15) is 6.08 Å². The Bertz CT molecular complexity index is 454. The maximum Gasteiger partial charge on any atom is 0.117 e. The molecule has 0 spiro atoms. The van der Waals surface area contributed by atoms with Crippen LogP contribution in [0.25, 0.3) is 0 Å². The molecule has 1 aromatic rings. The number of aromatic hydroxyl groups is 1. The summed E-state index contributed by atoms with van der Waals surface area (Å²) in [4.78, 5) is 0. The zero-order chi connectivity index (χ0) is 13.8. The van der Waals surface area contributed by atoms with E-state index in [-0.39, 0.29) is 57.7 Å². The molecular weight excluding hydrogens is 362 g/mol. The molecule has 118 valence electrons. The van der Waals surface area contributed by atoms with Crippen LogP contribution in [-0.4, -0.2) is 5.11 Å². The molecule has 0 aromatic heterocycles. The van der Waals surface area contributed by atoms with Crippen molar-refractivity contribution in [2.45, 2.75) is 39.5 Å². The molecule has 0 unspecified atom stereocenters. The average molecular weight is 383 g/mol. The molecule has 1 aromatic carbocycles. The summed E-state index contributed by atoms with van der Waals surface area (Å²) in [5, 5.41) is 9.86. The number of hydrogen-bond acceptors (Lipinski definition) is 1. The van der Waals surface area contributed by atoms with E-state index in [1.807, 2.05) is 6.07 Å². The summed E-state index contributed by atoms with van der Waals surface area (Å²) in [7, 11) is 0. The Morgan fingerprint density at radius 2 is 1.71 bits per heavy atom. The van der Waals surface area contributed by atoms with Gasteiger partial charge in [0.15, 0.2) is 0 Å². The zero-order valence-corrected chi connectivity index (χ0v) is 16.5. The summed E-state index contributed by atoms with van der Waals surface area (Å²) in [5.74, 6) is 0.229. The standard InChI is InChI=1S/C10H13ClO.C6H7.2ClH.Ti/c1-10(2,3)7-4-8(11)6-9(12)5-7;1-6-4-2-3-5-6;;;/h4-6,12H,1-3H3;2,4H,3H2,1H3;2*1H;/q;-1;;;/p-2. The molecule has 0 aliphatic heterocycles. The fourth-order valence-electron chi connectivity index (χ4n) is 1.52. The van der Waals surface area contributed by atoms with Crippen molar-refractivity contribution < 1.29 is 51.6 Å². The van der Waals surface area contributed by atoms with Crippen molar-refractivity contribution in [2.75, 3.05) is 0 Å². The van der Waals surface area contributed by atoms with Crippen LogP contribution in [0, 0.1) is 6.08 Å². The first-order valence-electron chi connectivity index (χ1n) is 6.03. The predicted octanol–water partition coefficient (Wildman–Crippen LogP) is -0.956. The van der Waals surface area contributed by atoms with Crippen molar-refractivity contribution >= 4 is 11.6 Å². The number of hydrogen-bond donors (Lipinski definition) is 1. The van der Waals surface area contributed by atoms with E-state index in [2.05, 4.69) is 45.9 Å². The van der Waals surface area contributed by atoms with E-state index in [9.17, 15) is 5.11 Å². The number of phenols is 1. The minimum atomic E-state index is 0. The minimum Gasteiger partial charge on any atom is -1.00 e. The number of phenolic OH excluding ortho intramolecular Hbond substituents is 1. The van der Waals surface area contributed by atoms with Gasteiger partial charge in [0, 0.05) is 26.7 Å². The topological polar surface area (TPSA) is 20.2 Å². The molecule has 0 saturated carbocycles. The van der Waals surface area contributed by atoms with Gasteiger partial charge in [-0.25, -0.2) is 11.6 Å². The van der Waals surface area contributed by atoms with Gasteiger partial charge in [-0.1, -0.05) is 39.3 Å². The Balaban J connectivity index is -0.000000312. The zero-order valence-electron chi connectivity index (χ0n) is 12.7. The van der Waals surface area contributed by atoms with Crippen LogP contribution in [0.3, 0.4) is 0 Å². The van der Waals surface area contributed by atoms with Crippen LogP contribution < -0.4 is 24.8 Å². The van der Waals surface area contributed by atoms with Crippen molar-refractivity contribution in [2.24, 2.45) is 0 Å². The van der Waals surface area contributed by atoms with Gasteiger partial charge >= 0.3 is 0 Å². The van der Waals surface area contributed by atoms with E-state index in [4.69, 9.17) is 11.6 Å². The Labute approximate surface area is 160 Å². The molecule has 0 radical (unpaired) electrons.